The van der Waals surface area contributed by atoms with Crippen molar-refractivity contribution >= 4 is 5.91 Å². The zero-order valence-electron chi connectivity index (χ0n) is 12.3. The van der Waals surface area contributed by atoms with Crippen molar-refractivity contribution in [2.24, 2.45) is 0 Å². The van der Waals surface area contributed by atoms with Crippen molar-refractivity contribution in [3.8, 4) is 0 Å². The van der Waals surface area contributed by atoms with Crippen LogP contribution in [-0.4, -0.2) is 57.6 Å². The smallest absolute Gasteiger partial charge is 0.337 e. The molecule has 0 aromatic carbocycles. The van der Waals surface area contributed by atoms with Gasteiger partial charge in [-0.15, -0.1) is 10.2 Å². The van der Waals surface area contributed by atoms with Crippen molar-refractivity contribution in [3.63, 3.8) is 0 Å². The van der Waals surface area contributed by atoms with Crippen molar-refractivity contribution in [2.75, 3.05) is 19.6 Å². The van der Waals surface area contributed by atoms with Crippen molar-refractivity contribution in [1.82, 2.24) is 25.0 Å². The van der Waals surface area contributed by atoms with E-state index in [9.17, 15) is 22.4 Å². The molecule has 0 radical (unpaired) electrons. The van der Waals surface area contributed by atoms with E-state index in [1.54, 1.807) is 0 Å². The summed E-state index contributed by atoms with van der Waals surface area (Å²) in [7, 11) is 0. The molecule has 1 N–H and O–H groups in total. The third kappa shape index (κ3) is 2.91. The third-order valence-corrected chi connectivity index (χ3v) is 4.36. The maximum absolute atomic E-state index is 13.1. The third-order valence-electron chi connectivity index (χ3n) is 4.36. The van der Waals surface area contributed by atoms with Crippen LogP contribution in [0.5, 0.6) is 0 Å². The summed E-state index contributed by atoms with van der Waals surface area (Å²) in [4.78, 5) is 12.4. The van der Waals surface area contributed by atoms with Crippen molar-refractivity contribution in [3.05, 3.63) is 11.6 Å². The van der Waals surface area contributed by atoms with Crippen LogP contribution in [0.2, 0.25) is 0 Å². The largest absolute Gasteiger partial charge is 0.383 e. The summed E-state index contributed by atoms with van der Waals surface area (Å²) >= 11 is 0. The highest BCUT2D eigenvalue weighted by molar-refractivity contribution is 5.84. The number of amides is 1. The van der Waals surface area contributed by atoms with Gasteiger partial charge >= 0.3 is 12.3 Å². The van der Waals surface area contributed by atoms with Crippen LogP contribution >= 0.6 is 0 Å². The average Bonchev–Trinajstić information content (AvgIpc) is 2.98. The first kappa shape index (κ1) is 16.2. The molecule has 23 heavy (non-hydrogen) atoms. The highest BCUT2D eigenvalue weighted by atomic mass is 19.3. The normalized spacial score (nSPS) is 20.0. The Bertz CT molecular complexity index is 583. The molecule has 1 aromatic rings. The second-order valence-corrected chi connectivity index (χ2v) is 5.79. The molecule has 2 aliphatic rings. The summed E-state index contributed by atoms with van der Waals surface area (Å²) < 4.78 is 52.9. The Morgan fingerprint density at radius 3 is 2.57 bits per heavy atom. The van der Waals surface area contributed by atoms with Crippen molar-refractivity contribution in [1.29, 1.82) is 0 Å². The summed E-state index contributed by atoms with van der Waals surface area (Å²) in [6, 6.07) is 0. The van der Waals surface area contributed by atoms with E-state index >= 15 is 0 Å². The van der Waals surface area contributed by atoms with Gasteiger partial charge in [0.15, 0.2) is 0 Å². The van der Waals surface area contributed by atoms with Crippen LogP contribution in [0.25, 0.3) is 0 Å². The highest BCUT2D eigenvalue weighted by Gasteiger charge is 2.51. The minimum Gasteiger partial charge on any atom is -0.337 e. The second-order valence-electron chi connectivity index (χ2n) is 5.79. The van der Waals surface area contributed by atoms with E-state index in [-0.39, 0.29) is 19.0 Å². The van der Waals surface area contributed by atoms with Gasteiger partial charge in [-0.25, -0.2) is 8.78 Å². The van der Waals surface area contributed by atoms with E-state index in [0.717, 1.165) is 29.6 Å². The molecule has 1 saturated heterocycles. The lowest BCUT2D eigenvalue weighted by molar-refractivity contribution is -0.181. The van der Waals surface area contributed by atoms with E-state index in [4.69, 9.17) is 0 Å². The molecule has 3 rings (SSSR count). The first-order valence-electron chi connectivity index (χ1n) is 7.49. The standard InChI is InChI=1S/C13H17F4N5O/c14-11(15)13(16,17)12(23)21-4-1-8(2-5-21)10-20-19-9-7-18-3-6-22(9)10/h8,11,18H,1-7H2. The lowest BCUT2D eigenvalue weighted by Gasteiger charge is -2.33. The molecule has 1 amide bonds. The number of hydrogen-bond acceptors (Lipinski definition) is 4. The first-order valence-corrected chi connectivity index (χ1v) is 7.49. The molecule has 3 heterocycles. The van der Waals surface area contributed by atoms with Crippen molar-refractivity contribution < 1.29 is 22.4 Å². The first-order chi connectivity index (χ1) is 10.9. The molecule has 10 heteroatoms. The number of fused-ring (bicyclic) bond motifs is 1. The van der Waals surface area contributed by atoms with E-state index in [1.165, 1.54) is 0 Å². The number of nitrogens with one attached hydrogen (secondary N) is 1. The van der Waals surface area contributed by atoms with Gasteiger partial charge in [-0.2, -0.15) is 8.78 Å². The van der Waals surface area contributed by atoms with Gasteiger partial charge in [0.1, 0.15) is 11.6 Å². The Hall–Kier alpha value is -1.71. The van der Waals surface area contributed by atoms with Gasteiger partial charge < -0.3 is 14.8 Å². The van der Waals surface area contributed by atoms with Crippen LogP contribution in [0.4, 0.5) is 17.6 Å². The molecule has 6 nitrogen and oxygen atoms in total. The Morgan fingerprint density at radius 1 is 1.22 bits per heavy atom. The number of nitrogens with zero attached hydrogens (tertiary/aromatic N) is 4. The molecule has 128 valence electrons. The van der Waals surface area contributed by atoms with Crippen LogP contribution in [-0.2, 0) is 17.9 Å². The number of piperidine rings is 1. The quantitative estimate of drug-likeness (QED) is 0.837. The predicted molar refractivity (Wildman–Crippen MR) is 71.2 cm³/mol. The number of carbonyl (C=O) groups is 1. The Labute approximate surface area is 129 Å². The zero-order chi connectivity index (χ0) is 16.6. The highest BCUT2D eigenvalue weighted by Crippen LogP contribution is 2.31. The van der Waals surface area contributed by atoms with Gasteiger partial charge in [0.2, 0.25) is 0 Å². The molecule has 0 aliphatic carbocycles. The molecule has 1 aromatic heterocycles. The zero-order valence-corrected chi connectivity index (χ0v) is 12.3. The lowest BCUT2D eigenvalue weighted by Crippen LogP contribution is -2.50. The Kier molecular flexibility index (Phi) is 4.26. The molecule has 0 unspecified atom stereocenters. The summed E-state index contributed by atoms with van der Waals surface area (Å²) in [5.41, 5.74) is 0. The summed E-state index contributed by atoms with van der Waals surface area (Å²) in [5.74, 6) is -4.80. The second kappa shape index (κ2) is 6.06. The number of likely N-dealkylation sites (tertiary alicyclic amines) is 1. The molecular formula is C13H17F4N5O. The lowest BCUT2D eigenvalue weighted by atomic mass is 9.95. The molecule has 0 saturated carbocycles. The fraction of sp³-hybridized carbons (Fsp3) is 0.769. The van der Waals surface area contributed by atoms with Gasteiger partial charge in [-0.05, 0) is 12.8 Å². The van der Waals surface area contributed by atoms with Crippen LogP contribution in [0, 0.1) is 0 Å². The predicted octanol–water partition coefficient (Wildman–Crippen LogP) is 0.988. The van der Waals surface area contributed by atoms with E-state index in [0.29, 0.717) is 19.4 Å². The Balaban J connectivity index is 1.65. The number of aromatic nitrogens is 3. The van der Waals surface area contributed by atoms with E-state index < -0.39 is 18.3 Å². The van der Waals surface area contributed by atoms with Crippen LogP contribution in [0.1, 0.15) is 30.4 Å². The maximum Gasteiger partial charge on any atom is 0.383 e. The van der Waals surface area contributed by atoms with Gasteiger partial charge in [-0.3, -0.25) is 4.79 Å². The van der Waals surface area contributed by atoms with Gasteiger partial charge in [-0.1, -0.05) is 0 Å². The van der Waals surface area contributed by atoms with Crippen LogP contribution in [0.15, 0.2) is 0 Å². The number of rotatable bonds is 3. The fourth-order valence-corrected chi connectivity index (χ4v) is 3.06. The van der Waals surface area contributed by atoms with Crippen LogP contribution in [0.3, 0.4) is 0 Å². The average molecular weight is 335 g/mol. The Morgan fingerprint density at radius 2 is 1.91 bits per heavy atom. The summed E-state index contributed by atoms with van der Waals surface area (Å²) in [5, 5.41) is 11.4. The topological polar surface area (TPSA) is 63.1 Å². The van der Waals surface area contributed by atoms with Crippen molar-refractivity contribution in [2.45, 2.75) is 44.2 Å². The summed E-state index contributed by atoms with van der Waals surface area (Å²) in [6.07, 6.45) is -3.16. The van der Waals surface area contributed by atoms with Gasteiger partial charge in [0, 0.05) is 32.1 Å². The molecule has 0 atom stereocenters. The molecule has 0 bridgehead atoms. The van der Waals surface area contributed by atoms with Crippen LogP contribution < -0.4 is 5.32 Å². The fourth-order valence-electron chi connectivity index (χ4n) is 3.06. The monoisotopic (exact) mass is 335 g/mol. The number of halogens is 4. The SMILES string of the molecule is O=C(N1CCC(c2nnc3n2CCNC3)CC1)C(F)(F)C(F)F. The minimum absolute atomic E-state index is 0.00132. The number of hydrogen-bond donors (Lipinski definition) is 1. The number of alkyl halides is 4. The molecule has 2 aliphatic heterocycles. The number of carbonyl (C=O) groups excluding carboxylic acids is 1. The molecule has 1 fully saturated rings. The minimum atomic E-state index is -4.62. The van der Waals surface area contributed by atoms with E-state index in [1.807, 2.05) is 4.57 Å². The maximum atomic E-state index is 13.1. The molecule has 0 spiro atoms. The van der Waals surface area contributed by atoms with E-state index in [2.05, 4.69) is 15.5 Å². The molecular weight excluding hydrogens is 318 g/mol. The van der Waals surface area contributed by atoms with Gasteiger partial charge in [0.25, 0.3) is 5.91 Å². The van der Waals surface area contributed by atoms with Gasteiger partial charge in [0.05, 0.1) is 6.54 Å². The summed E-state index contributed by atoms with van der Waals surface area (Å²) in [6.45, 7) is 2.21.